The van der Waals surface area contributed by atoms with Gasteiger partial charge in [-0.05, 0) is 17.7 Å². The quantitative estimate of drug-likeness (QED) is 0.900. The fourth-order valence-corrected chi connectivity index (χ4v) is 2.24. The zero-order chi connectivity index (χ0) is 17.1. The molecule has 24 heavy (non-hydrogen) atoms. The summed E-state index contributed by atoms with van der Waals surface area (Å²) in [5.74, 6) is -1.05. The number of amides is 2. The fraction of sp³-hybridized carbons (Fsp3) is 0.188. The molecule has 1 aliphatic rings. The number of ether oxygens (including phenoxy) is 3. The Balaban J connectivity index is 1.60. The molecule has 1 heterocycles. The van der Waals surface area contributed by atoms with Crippen molar-refractivity contribution in [3.8, 4) is 17.2 Å². The molecule has 0 bridgehead atoms. The molecule has 0 radical (unpaired) electrons. The van der Waals surface area contributed by atoms with E-state index in [0.29, 0.717) is 11.5 Å². The molecular weight excluding hydrogens is 322 g/mol. The van der Waals surface area contributed by atoms with Crippen molar-refractivity contribution in [1.29, 1.82) is 0 Å². The highest BCUT2D eigenvalue weighted by atomic mass is 19.1. The van der Waals surface area contributed by atoms with Crippen molar-refractivity contribution in [1.82, 2.24) is 5.32 Å². The van der Waals surface area contributed by atoms with Crippen LogP contribution in [-0.4, -0.2) is 19.9 Å². The number of nitrogens with one attached hydrogen (secondary N) is 2. The molecule has 2 aromatic carbocycles. The second kappa shape index (κ2) is 6.61. The Morgan fingerprint density at radius 2 is 1.88 bits per heavy atom. The van der Waals surface area contributed by atoms with E-state index >= 15 is 0 Å². The minimum atomic E-state index is -0.899. The van der Waals surface area contributed by atoms with Crippen LogP contribution in [0.15, 0.2) is 30.3 Å². The van der Waals surface area contributed by atoms with Crippen molar-refractivity contribution in [3.63, 3.8) is 0 Å². The topological polar surface area (TPSA) is 68.8 Å². The van der Waals surface area contributed by atoms with E-state index in [-0.39, 0.29) is 19.0 Å². The number of methoxy groups -OCH3 is 1. The predicted octanol–water partition coefficient (Wildman–Crippen LogP) is 3.02. The summed E-state index contributed by atoms with van der Waals surface area (Å²) < 4.78 is 42.2. The van der Waals surface area contributed by atoms with Crippen LogP contribution in [0.4, 0.5) is 19.3 Å². The summed E-state index contributed by atoms with van der Waals surface area (Å²) in [7, 11) is 1.16. The molecule has 8 heteroatoms. The average molecular weight is 336 g/mol. The van der Waals surface area contributed by atoms with Crippen LogP contribution < -0.4 is 24.8 Å². The molecule has 6 nitrogen and oxygen atoms in total. The highest BCUT2D eigenvalue weighted by Gasteiger charge is 2.15. The third-order valence-electron chi connectivity index (χ3n) is 3.35. The molecule has 2 aromatic rings. The van der Waals surface area contributed by atoms with Crippen LogP contribution in [0, 0.1) is 11.6 Å². The molecule has 0 spiro atoms. The Bertz CT molecular complexity index is 760. The van der Waals surface area contributed by atoms with Crippen LogP contribution in [0.3, 0.4) is 0 Å². The number of halogens is 2. The highest BCUT2D eigenvalue weighted by Crippen LogP contribution is 2.32. The van der Waals surface area contributed by atoms with Gasteiger partial charge in [-0.1, -0.05) is 6.07 Å². The minimum absolute atomic E-state index is 0.0195. The first-order valence-electron chi connectivity index (χ1n) is 7.03. The summed E-state index contributed by atoms with van der Waals surface area (Å²) in [6.07, 6.45) is 0. The van der Waals surface area contributed by atoms with Gasteiger partial charge in [-0.2, -0.15) is 0 Å². The van der Waals surface area contributed by atoms with Gasteiger partial charge in [0, 0.05) is 24.4 Å². The van der Waals surface area contributed by atoms with Gasteiger partial charge < -0.3 is 24.8 Å². The standard InChI is InChI=1S/C16H14F2N2O4/c1-22-15-11(17)5-10(6-12(15)18)20-16(21)19-7-9-2-3-13-14(4-9)24-8-23-13/h2-6H,7-8H2,1H3,(H2,19,20,21). The molecule has 1 aliphatic heterocycles. The largest absolute Gasteiger partial charge is 0.491 e. The zero-order valence-corrected chi connectivity index (χ0v) is 12.7. The third-order valence-corrected chi connectivity index (χ3v) is 3.35. The lowest BCUT2D eigenvalue weighted by molar-refractivity contribution is 0.174. The third kappa shape index (κ3) is 3.32. The number of urea groups is 1. The molecule has 2 N–H and O–H groups in total. The SMILES string of the molecule is COc1c(F)cc(NC(=O)NCc2ccc3c(c2)OCO3)cc1F. The van der Waals surface area contributed by atoms with Crippen LogP contribution in [0.2, 0.25) is 0 Å². The number of fused-ring (bicyclic) bond motifs is 1. The van der Waals surface area contributed by atoms with Crippen LogP contribution in [0.25, 0.3) is 0 Å². The van der Waals surface area contributed by atoms with Crippen molar-refractivity contribution in [2.75, 3.05) is 19.2 Å². The zero-order valence-electron chi connectivity index (χ0n) is 12.7. The van der Waals surface area contributed by atoms with Crippen LogP contribution >= 0.6 is 0 Å². The second-order valence-electron chi connectivity index (χ2n) is 4.97. The Kier molecular flexibility index (Phi) is 4.37. The Morgan fingerprint density at radius 3 is 2.58 bits per heavy atom. The number of rotatable bonds is 4. The number of benzene rings is 2. The van der Waals surface area contributed by atoms with E-state index in [1.807, 2.05) is 0 Å². The maximum absolute atomic E-state index is 13.6. The Morgan fingerprint density at radius 1 is 1.17 bits per heavy atom. The maximum atomic E-state index is 13.6. The predicted molar refractivity (Wildman–Crippen MR) is 81.3 cm³/mol. The molecule has 0 saturated heterocycles. The summed E-state index contributed by atoms with van der Waals surface area (Å²) in [5.41, 5.74) is 0.774. The lowest BCUT2D eigenvalue weighted by Gasteiger charge is -2.10. The number of hydrogen-bond donors (Lipinski definition) is 2. The molecule has 3 rings (SSSR count). The van der Waals surface area contributed by atoms with Gasteiger partial charge in [-0.25, -0.2) is 13.6 Å². The van der Waals surface area contributed by atoms with Gasteiger partial charge in [-0.3, -0.25) is 0 Å². The summed E-state index contributed by atoms with van der Waals surface area (Å²) in [4.78, 5) is 11.8. The molecule has 0 aromatic heterocycles. The van der Waals surface area contributed by atoms with Gasteiger partial charge in [0.15, 0.2) is 28.9 Å². The highest BCUT2D eigenvalue weighted by molar-refractivity contribution is 5.89. The lowest BCUT2D eigenvalue weighted by Crippen LogP contribution is -2.28. The van der Waals surface area contributed by atoms with Crippen molar-refractivity contribution >= 4 is 11.7 Å². The summed E-state index contributed by atoms with van der Waals surface area (Å²) in [6, 6.07) is 6.61. The smallest absolute Gasteiger partial charge is 0.319 e. The van der Waals surface area contributed by atoms with E-state index in [2.05, 4.69) is 15.4 Å². The monoisotopic (exact) mass is 336 g/mol. The van der Waals surface area contributed by atoms with E-state index in [4.69, 9.17) is 9.47 Å². The van der Waals surface area contributed by atoms with Gasteiger partial charge in [-0.15, -0.1) is 0 Å². The van der Waals surface area contributed by atoms with Gasteiger partial charge in [0.2, 0.25) is 6.79 Å². The van der Waals surface area contributed by atoms with E-state index < -0.39 is 23.4 Å². The normalized spacial score (nSPS) is 12.0. The maximum Gasteiger partial charge on any atom is 0.319 e. The molecule has 0 fully saturated rings. The van der Waals surface area contributed by atoms with Gasteiger partial charge in [0.25, 0.3) is 0 Å². The van der Waals surface area contributed by atoms with Crippen molar-refractivity contribution in [2.45, 2.75) is 6.54 Å². The number of carbonyl (C=O) groups is 1. The lowest BCUT2D eigenvalue weighted by atomic mass is 10.2. The molecule has 0 atom stereocenters. The first kappa shape index (κ1) is 15.9. The summed E-state index contributed by atoms with van der Waals surface area (Å²) in [6.45, 7) is 0.380. The molecule has 0 unspecified atom stereocenters. The van der Waals surface area contributed by atoms with E-state index in [1.54, 1.807) is 18.2 Å². The van der Waals surface area contributed by atoms with Gasteiger partial charge in [0.1, 0.15) is 0 Å². The number of carbonyl (C=O) groups excluding carboxylic acids is 1. The van der Waals surface area contributed by atoms with Crippen molar-refractivity contribution < 1.29 is 27.8 Å². The van der Waals surface area contributed by atoms with Crippen LogP contribution in [-0.2, 0) is 6.54 Å². The molecule has 0 aliphatic carbocycles. The number of anilines is 1. The van der Waals surface area contributed by atoms with Crippen LogP contribution in [0.5, 0.6) is 17.2 Å². The van der Waals surface area contributed by atoms with E-state index in [1.165, 1.54) is 0 Å². The van der Waals surface area contributed by atoms with E-state index in [9.17, 15) is 13.6 Å². The van der Waals surface area contributed by atoms with E-state index in [0.717, 1.165) is 24.8 Å². The first-order chi connectivity index (χ1) is 11.6. The van der Waals surface area contributed by atoms with Gasteiger partial charge in [0.05, 0.1) is 7.11 Å². The van der Waals surface area contributed by atoms with Crippen molar-refractivity contribution in [3.05, 3.63) is 47.5 Å². The number of hydrogen-bond acceptors (Lipinski definition) is 4. The van der Waals surface area contributed by atoms with Gasteiger partial charge >= 0.3 is 6.03 Å². The first-order valence-corrected chi connectivity index (χ1v) is 7.03. The summed E-state index contributed by atoms with van der Waals surface area (Å²) in [5, 5.41) is 4.94. The Hall–Kier alpha value is -3.03. The summed E-state index contributed by atoms with van der Waals surface area (Å²) >= 11 is 0. The molecule has 126 valence electrons. The van der Waals surface area contributed by atoms with Crippen molar-refractivity contribution in [2.24, 2.45) is 0 Å². The average Bonchev–Trinajstić information content (AvgIpc) is 3.00. The molecular formula is C16H14F2N2O4. The second-order valence-corrected chi connectivity index (χ2v) is 4.97. The van der Waals surface area contributed by atoms with Crippen LogP contribution in [0.1, 0.15) is 5.56 Å². The fourth-order valence-electron chi connectivity index (χ4n) is 2.24. The molecule has 2 amide bonds. The molecule has 0 saturated carbocycles. The minimum Gasteiger partial charge on any atom is -0.491 e. The Labute approximate surface area is 136 Å².